The van der Waals surface area contributed by atoms with Gasteiger partial charge in [0.05, 0.1) is 10.3 Å². The molecule has 4 aromatic carbocycles. The zero-order valence-corrected chi connectivity index (χ0v) is 30.5. The van der Waals surface area contributed by atoms with E-state index in [9.17, 15) is 13.2 Å². The minimum atomic E-state index is -4.05. The summed E-state index contributed by atoms with van der Waals surface area (Å²) >= 11 is 6.59. The van der Waals surface area contributed by atoms with E-state index >= 15 is 4.39 Å². The number of benzene rings is 4. The summed E-state index contributed by atoms with van der Waals surface area (Å²) in [6.07, 6.45) is 4.76. The maximum absolute atomic E-state index is 16.7. The second-order valence-electron chi connectivity index (χ2n) is 13.4. The van der Waals surface area contributed by atoms with E-state index in [1.165, 1.54) is 24.3 Å². The van der Waals surface area contributed by atoms with E-state index in [-0.39, 0.29) is 40.0 Å². The van der Waals surface area contributed by atoms with Crippen LogP contribution < -0.4 is 20.3 Å². The molecule has 2 atom stereocenters. The van der Waals surface area contributed by atoms with Crippen molar-refractivity contribution in [3.63, 3.8) is 0 Å². The van der Waals surface area contributed by atoms with Gasteiger partial charge in [0, 0.05) is 58.6 Å². The fourth-order valence-corrected chi connectivity index (χ4v) is 8.54. The lowest BCUT2D eigenvalue weighted by Gasteiger charge is -2.34. The minimum absolute atomic E-state index is 0.000383. The summed E-state index contributed by atoms with van der Waals surface area (Å²) in [6.45, 7) is 0.806. The van der Waals surface area contributed by atoms with E-state index in [2.05, 4.69) is 40.6 Å². The number of anilines is 2. The quantitative estimate of drug-likeness (QED) is 0.175. The van der Waals surface area contributed by atoms with Gasteiger partial charge in [-0.05, 0) is 48.6 Å². The molecule has 276 valence electrons. The number of fused-ring (bicyclic) bond motifs is 4. The topological polar surface area (TPSA) is 157 Å². The number of nitrogens with one attached hydrogen (secondary N) is 2. The van der Waals surface area contributed by atoms with Gasteiger partial charge in [0.15, 0.2) is 18.2 Å². The molecule has 55 heavy (non-hydrogen) atoms. The fourth-order valence-electron chi connectivity index (χ4n) is 7.21. The molecule has 0 saturated carbocycles. The number of nitrogens with zero attached hydrogens (tertiary/aromatic N) is 7. The van der Waals surface area contributed by atoms with Crippen LogP contribution in [-0.4, -0.2) is 75.2 Å². The zero-order valence-electron chi connectivity index (χ0n) is 28.9. The van der Waals surface area contributed by atoms with Crippen LogP contribution >= 0.6 is 11.6 Å². The molecule has 2 bridgehead atoms. The van der Waals surface area contributed by atoms with Crippen molar-refractivity contribution in [2.75, 3.05) is 29.9 Å². The molecule has 2 fully saturated rings. The van der Waals surface area contributed by atoms with Gasteiger partial charge < -0.3 is 20.3 Å². The molecule has 2 aliphatic heterocycles. The van der Waals surface area contributed by atoms with Gasteiger partial charge in [-0.15, -0.1) is 9.19 Å². The third-order valence-corrected chi connectivity index (χ3v) is 11.6. The number of amides is 1. The Hall–Kier alpha value is -6.03. The Morgan fingerprint density at radius 3 is 2.44 bits per heavy atom. The van der Waals surface area contributed by atoms with E-state index in [1.54, 1.807) is 30.5 Å². The van der Waals surface area contributed by atoms with Gasteiger partial charge in [-0.25, -0.2) is 9.37 Å². The largest absolute Gasteiger partial charge is 0.453 e. The van der Waals surface area contributed by atoms with Crippen LogP contribution in [0.4, 0.5) is 15.9 Å². The SMILES string of the molecule is O=C(COc1nc(N2CC3CCC(C2)N3)c2cnc(-c3cccc4cccc(Cl)c34)c(F)c2n1)Nc1ccc(S(=O)(=O)n2cnc(-c3ccccc3)n2)cc1. The highest BCUT2D eigenvalue weighted by Crippen LogP contribution is 2.38. The van der Waals surface area contributed by atoms with Crippen molar-refractivity contribution in [3.05, 3.63) is 114 Å². The summed E-state index contributed by atoms with van der Waals surface area (Å²) in [7, 11) is -4.05. The average molecular weight is 776 g/mol. The molecule has 2 N–H and O–H groups in total. The monoisotopic (exact) mass is 775 g/mol. The van der Waals surface area contributed by atoms with Crippen molar-refractivity contribution in [1.29, 1.82) is 0 Å². The van der Waals surface area contributed by atoms with Crippen LogP contribution in [0.15, 0.2) is 108 Å². The number of carbonyl (C=O) groups is 1. The van der Waals surface area contributed by atoms with Gasteiger partial charge in [-0.1, -0.05) is 72.3 Å². The first-order valence-corrected chi connectivity index (χ1v) is 19.3. The first-order chi connectivity index (χ1) is 26.7. The minimum Gasteiger partial charge on any atom is -0.453 e. The molecule has 2 saturated heterocycles. The summed E-state index contributed by atoms with van der Waals surface area (Å²) < 4.78 is 49.8. The highest BCUT2D eigenvalue weighted by molar-refractivity contribution is 7.89. The standard InChI is InChI=1S/C39H31ClFN9O4S/c40-31-11-5-9-23-8-4-10-29(33(23)31)35-34(41)36-30(18-42-35)38(49-19-26-12-13-27(20-49)44-26)47-39(46-36)54-21-32(51)45-25-14-16-28(17-15-25)55(52,53)50-22-43-37(48-50)24-6-2-1-3-7-24/h1-11,14-18,22,26-27,44H,12-13,19-21H2,(H,45,51). The summed E-state index contributed by atoms with van der Waals surface area (Å²) in [5.41, 5.74) is 1.59. The van der Waals surface area contributed by atoms with E-state index in [1.807, 2.05) is 42.5 Å². The predicted octanol–water partition coefficient (Wildman–Crippen LogP) is 6.09. The van der Waals surface area contributed by atoms with Crippen LogP contribution in [0.2, 0.25) is 5.02 Å². The first-order valence-electron chi connectivity index (χ1n) is 17.5. The third kappa shape index (κ3) is 6.60. The van der Waals surface area contributed by atoms with Crippen LogP contribution in [0.3, 0.4) is 0 Å². The number of halogens is 2. The molecule has 16 heteroatoms. The Morgan fingerprint density at radius 2 is 1.67 bits per heavy atom. The number of ether oxygens (including phenoxy) is 1. The number of carbonyl (C=O) groups excluding carboxylic acids is 1. The highest BCUT2D eigenvalue weighted by atomic mass is 35.5. The molecule has 0 aliphatic carbocycles. The summed E-state index contributed by atoms with van der Waals surface area (Å²) in [6, 6.07) is 25.9. The Balaban J connectivity index is 0.968. The molecule has 5 heterocycles. The van der Waals surface area contributed by atoms with Gasteiger partial charge in [0.25, 0.3) is 15.9 Å². The lowest BCUT2D eigenvalue weighted by molar-refractivity contribution is -0.118. The van der Waals surface area contributed by atoms with Crippen molar-refractivity contribution in [3.8, 4) is 28.7 Å². The predicted molar refractivity (Wildman–Crippen MR) is 206 cm³/mol. The van der Waals surface area contributed by atoms with Crippen LogP contribution in [0, 0.1) is 5.82 Å². The van der Waals surface area contributed by atoms with E-state index in [4.69, 9.17) is 16.3 Å². The molecule has 1 amide bonds. The molecule has 0 spiro atoms. The second-order valence-corrected chi connectivity index (χ2v) is 15.6. The normalized spacial score (nSPS) is 16.8. The third-order valence-electron chi connectivity index (χ3n) is 9.79. The first kappa shape index (κ1) is 34.7. The molecular weight excluding hydrogens is 745 g/mol. The van der Waals surface area contributed by atoms with Gasteiger partial charge in [-0.2, -0.15) is 18.4 Å². The van der Waals surface area contributed by atoms with E-state index in [0.717, 1.165) is 28.6 Å². The van der Waals surface area contributed by atoms with Crippen molar-refractivity contribution >= 4 is 60.7 Å². The van der Waals surface area contributed by atoms with Crippen LogP contribution in [0.1, 0.15) is 12.8 Å². The number of hydrogen-bond donors (Lipinski definition) is 2. The average Bonchev–Trinajstić information content (AvgIpc) is 3.84. The molecule has 7 aromatic rings. The molecule has 13 nitrogen and oxygen atoms in total. The number of aromatic nitrogens is 6. The second kappa shape index (κ2) is 14.0. The smallest absolute Gasteiger partial charge is 0.319 e. The molecule has 9 rings (SSSR count). The number of hydrogen-bond acceptors (Lipinski definition) is 11. The Bertz CT molecular complexity index is 2700. The van der Waals surface area contributed by atoms with E-state index < -0.39 is 28.4 Å². The number of rotatable bonds is 9. The Morgan fingerprint density at radius 1 is 0.927 bits per heavy atom. The zero-order chi connectivity index (χ0) is 37.7. The molecular formula is C39H31ClFN9O4S. The molecule has 3 aromatic heterocycles. The maximum atomic E-state index is 16.7. The van der Waals surface area contributed by atoms with Crippen molar-refractivity contribution in [1.82, 2.24) is 34.4 Å². The van der Waals surface area contributed by atoms with Crippen LogP contribution in [0.25, 0.3) is 44.3 Å². The lowest BCUT2D eigenvalue weighted by atomic mass is 10.0. The van der Waals surface area contributed by atoms with Gasteiger partial charge >= 0.3 is 6.01 Å². The Kier molecular flexibility index (Phi) is 8.83. The number of piperazine rings is 1. The van der Waals surface area contributed by atoms with E-state index in [0.29, 0.717) is 51.5 Å². The van der Waals surface area contributed by atoms with Crippen LogP contribution in [0.5, 0.6) is 6.01 Å². The van der Waals surface area contributed by atoms with Gasteiger partial charge in [0.1, 0.15) is 23.4 Å². The maximum Gasteiger partial charge on any atom is 0.319 e. The van der Waals surface area contributed by atoms with Crippen molar-refractivity contribution < 1.29 is 22.3 Å². The van der Waals surface area contributed by atoms with Crippen LogP contribution in [-0.2, 0) is 14.8 Å². The fraction of sp³-hybridized carbons (Fsp3) is 0.179. The summed E-state index contributed by atoms with van der Waals surface area (Å²) in [5.74, 6) is -0.498. The molecule has 2 aliphatic rings. The molecule has 2 unspecified atom stereocenters. The Labute approximate surface area is 319 Å². The van der Waals surface area contributed by atoms with Gasteiger partial charge in [0.2, 0.25) is 0 Å². The highest BCUT2D eigenvalue weighted by Gasteiger charge is 2.34. The van der Waals surface area contributed by atoms with Crippen molar-refractivity contribution in [2.24, 2.45) is 0 Å². The lowest BCUT2D eigenvalue weighted by Crippen LogP contribution is -2.51. The number of pyridine rings is 1. The summed E-state index contributed by atoms with van der Waals surface area (Å²) in [5, 5.41) is 12.8. The molecule has 0 radical (unpaired) electrons. The van der Waals surface area contributed by atoms with Gasteiger partial charge in [-0.3, -0.25) is 9.78 Å². The van der Waals surface area contributed by atoms with Crippen molar-refractivity contribution in [2.45, 2.75) is 29.8 Å². The summed E-state index contributed by atoms with van der Waals surface area (Å²) in [4.78, 5) is 33.0.